The lowest BCUT2D eigenvalue weighted by Gasteiger charge is -2.11. The molecular weight excluding hydrogens is 375 g/mol. The van der Waals surface area contributed by atoms with Crippen molar-refractivity contribution in [2.45, 2.75) is 29.9 Å². The molecule has 3 heterocycles. The van der Waals surface area contributed by atoms with Crippen LogP contribution in [-0.2, 0) is 6.42 Å². The second-order valence-corrected chi connectivity index (χ2v) is 7.11. The molecule has 132 valence electrons. The number of nitrogens with two attached hydrogens (primary N) is 1. The predicted octanol–water partition coefficient (Wildman–Crippen LogP) is 4.55. The van der Waals surface area contributed by atoms with E-state index >= 15 is 0 Å². The first-order chi connectivity index (χ1) is 11.7. The Kier molecular flexibility index (Phi) is 4.79. The first-order valence-corrected chi connectivity index (χ1v) is 8.46. The highest BCUT2D eigenvalue weighted by atomic mass is 35.5. The summed E-state index contributed by atoms with van der Waals surface area (Å²) in [6, 6.07) is 3.09. The summed E-state index contributed by atoms with van der Waals surface area (Å²) in [5.74, 6) is 0.246. The molecule has 10 heteroatoms. The second-order valence-electron chi connectivity index (χ2n) is 5.42. The van der Waals surface area contributed by atoms with Gasteiger partial charge >= 0.3 is 6.18 Å². The monoisotopic (exact) mass is 387 g/mol. The molecule has 0 radical (unpaired) electrons. The molecule has 0 aromatic carbocycles. The van der Waals surface area contributed by atoms with Gasteiger partial charge in [0.05, 0.1) is 29.1 Å². The van der Waals surface area contributed by atoms with E-state index < -0.39 is 12.6 Å². The van der Waals surface area contributed by atoms with Crippen molar-refractivity contribution in [2.24, 2.45) is 0 Å². The number of halogens is 4. The molecule has 3 rings (SSSR count). The number of nitrogen functional groups attached to an aromatic ring is 1. The molecule has 1 atom stereocenters. The number of pyridine rings is 1. The Morgan fingerprint density at radius 1 is 1.32 bits per heavy atom. The fourth-order valence-corrected chi connectivity index (χ4v) is 3.48. The van der Waals surface area contributed by atoms with Gasteiger partial charge in [-0.1, -0.05) is 23.4 Å². The van der Waals surface area contributed by atoms with E-state index in [-0.39, 0.29) is 21.8 Å². The van der Waals surface area contributed by atoms with E-state index in [4.69, 9.17) is 17.3 Å². The number of nitrogens with one attached hydrogen (secondary N) is 1. The highest BCUT2D eigenvalue weighted by Gasteiger charge is 2.29. The van der Waals surface area contributed by atoms with Gasteiger partial charge in [0, 0.05) is 17.6 Å². The predicted molar refractivity (Wildman–Crippen MR) is 91.6 cm³/mol. The van der Waals surface area contributed by atoms with E-state index in [0.29, 0.717) is 21.8 Å². The maximum atomic E-state index is 12.7. The maximum absolute atomic E-state index is 12.7. The third kappa shape index (κ3) is 4.35. The lowest BCUT2D eigenvalue weighted by Crippen LogP contribution is -2.11. The van der Waals surface area contributed by atoms with Crippen molar-refractivity contribution in [3.05, 3.63) is 40.9 Å². The van der Waals surface area contributed by atoms with Crippen LogP contribution in [0.2, 0.25) is 5.15 Å². The highest BCUT2D eigenvalue weighted by Crippen LogP contribution is 2.35. The first-order valence-electron chi connectivity index (χ1n) is 7.20. The molecule has 3 aromatic rings. The largest absolute Gasteiger partial charge is 0.393 e. The summed E-state index contributed by atoms with van der Waals surface area (Å²) in [6.07, 6.45) is -2.38. The van der Waals surface area contributed by atoms with Crippen LogP contribution >= 0.6 is 23.4 Å². The summed E-state index contributed by atoms with van der Waals surface area (Å²) in [6.45, 7) is 1.86. The van der Waals surface area contributed by atoms with Crippen LogP contribution in [0, 0.1) is 0 Å². The topological polar surface area (TPSA) is 80.5 Å². The van der Waals surface area contributed by atoms with Crippen molar-refractivity contribution < 1.29 is 13.2 Å². The lowest BCUT2D eigenvalue weighted by atomic mass is 10.1. The molecule has 0 saturated heterocycles. The number of anilines is 1. The van der Waals surface area contributed by atoms with E-state index in [9.17, 15) is 13.2 Å². The number of fused-ring (bicyclic) bond motifs is 1. The average Bonchev–Trinajstić information content (AvgIpc) is 2.86. The Bertz CT molecular complexity index is 892. The summed E-state index contributed by atoms with van der Waals surface area (Å²) in [5, 5.41) is 0.907. The molecule has 0 aliphatic carbocycles. The molecule has 0 aliphatic heterocycles. The molecule has 0 amide bonds. The van der Waals surface area contributed by atoms with Crippen LogP contribution in [0.5, 0.6) is 0 Å². The Hall–Kier alpha value is -2.00. The van der Waals surface area contributed by atoms with E-state index in [1.54, 1.807) is 6.07 Å². The number of alkyl halides is 3. The zero-order chi connectivity index (χ0) is 18.2. The second kappa shape index (κ2) is 6.72. The summed E-state index contributed by atoms with van der Waals surface area (Å²) >= 11 is 7.13. The summed E-state index contributed by atoms with van der Waals surface area (Å²) < 4.78 is 38.1. The van der Waals surface area contributed by atoms with Gasteiger partial charge in [0.15, 0.2) is 5.16 Å². The number of hydrogen-bond donors (Lipinski definition) is 2. The smallest absolute Gasteiger partial charge is 0.384 e. The van der Waals surface area contributed by atoms with Crippen molar-refractivity contribution >= 4 is 40.1 Å². The van der Waals surface area contributed by atoms with Crippen LogP contribution in [0.25, 0.3) is 10.9 Å². The number of nitrogens with zero attached hydrogens (tertiary/aromatic N) is 3. The molecule has 0 spiro atoms. The van der Waals surface area contributed by atoms with E-state index in [1.807, 2.05) is 6.92 Å². The normalized spacial score (nSPS) is 13.3. The Morgan fingerprint density at radius 2 is 2.08 bits per heavy atom. The average molecular weight is 388 g/mol. The van der Waals surface area contributed by atoms with Crippen molar-refractivity contribution in [3.8, 4) is 0 Å². The third-order valence-electron chi connectivity index (χ3n) is 3.46. The van der Waals surface area contributed by atoms with Crippen molar-refractivity contribution in [2.75, 3.05) is 5.73 Å². The quantitative estimate of drug-likeness (QED) is 0.390. The van der Waals surface area contributed by atoms with Crippen LogP contribution in [0.15, 0.2) is 29.7 Å². The van der Waals surface area contributed by atoms with Crippen molar-refractivity contribution in [1.82, 2.24) is 19.9 Å². The standard InChI is InChI=1S/C15H13ClF3N5S/c1-7(25-14-23-12(16)3-13(20)24-14)10-2-9-8(4-15(17,18)19)5-21-11(9)6-22-10/h2-3,5-7,21H,4H2,1H3,(H2,20,23,24). The fraction of sp³-hybridized carbons (Fsp3) is 0.267. The minimum atomic E-state index is -4.27. The molecule has 0 bridgehead atoms. The van der Waals surface area contributed by atoms with Gasteiger partial charge in [-0.15, -0.1) is 0 Å². The summed E-state index contributed by atoms with van der Waals surface area (Å²) in [7, 11) is 0. The van der Waals surface area contributed by atoms with E-state index in [2.05, 4.69) is 19.9 Å². The summed E-state index contributed by atoms with van der Waals surface area (Å²) in [4.78, 5) is 15.3. The minimum absolute atomic E-state index is 0.187. The van der Waals surface area contributed by atoms with Gasteiger partial charge in [-0.05, 0) is 18.6 Å². The SMILES string of the molecule is CC(Sc1nc(N)cc(Cl)n1)c1cc2c(CC(F)(F)F)c[nH]c2cn1. The van der Waals surface area contributed by atoms with Gasteiger partial charge in [-0.25, -0.2) is 9.97 Å². The molecular formula is C15H13ClF3N5S. The van der Waals surface area contributed by atoms with Crippen LogP contribution in [0.1, 0.15) is 23.4 Å². The Morgan fingerprint density at radius 3 is 2.76 bits per heavy atom. The molecule has 3 N–H and O–H groups in total. The van der Waals surface area contributed by atoms with Crippen LogP contribution in [0.3, 0.4) is 0 Å². The number of aromatic amines is 1. The van der Waals surface area contributed by atoms with Crippen LogP contribution < -0.4 is 5.73 Å². The van der Waals surface area contributed by atoms with Crippen LogP contribution in [-0.4, -0.2) is 26.1 Å². The lowest BCUT2D eigenvalue weighted by molar-refractivity contribution is -0.127. The maximum Gasteiger partial charge on any atom is 0.393 e. The highest BCUT2D eigenvalue weighted by molar-refractivity contribution is 7.99. The molecule has 25 heavy (non-hydrogen) atoms. The molecule has 0 aliphatic rings. The van der Waals surface area contributed by atoms with E-state index in [1.165, 1.54) is 30.2 Å². The zero-order valence-electron chi connectivity index (χ0n) is 12.9. The first kappa shape index (κ1) is 17.8. The number of hydrogen-bond acceptors (Lipinski definition) is 5. The zero-order valence-corrected chi connectivity index (χ0v) is 14.5. The molecule has 0 fully saturated rings. The van der Waals surface area contributed by atoms with Gasteiger partial charge in [-0.2, -0.15) is 13.2 Å². The van der Waals surface area contributed by atoms with Crippen LogP contribution in [0.4, 0.5) is 19.0 Å². The minimum Gasteiger partial charge on any atom is -0.384 e. The molecule has 1 unspecified atom stereocenters. The van der Waals surface area contributed by atoms with Crippen molar-refractivity contribution in [1.29, 1.82) is 0 Å². The number of thioether (sulfide) groups is 1. The number of aromatic nitrogens is 4. The number of H-pyrrole nitrogens is 1. The molecule has 5 nitrogen and oxygen atoms in total. The Labute approximate surface area is 150 Å². The van der Waals surface area contributed by atoms with Crippen molar-refractivity contribution in [3.63, 3.8) is 0 Å². The van der Waals surface area contributed by atoms with E-state index in [0.717, 1.165) is 0 Å². The molecule has 3 aromatic heterocycles. The van der Waals surface area contributed by atoms with Gasteiger partial charge in [0.2, 0.25) is 0 Å². The van der Waals surface area contributed by atoms with Gasteiger partial charge in [-0.3, -0.25) is 4.98 Å². The van der Waals surface area contributed by atoms with Gasteiger partial charge < -0.3 is 10.7 Å². The molecule has 0 saturated carbocycles. The van der Waals surface area contributed by atoms with Gasteiger partial charge in [0.1, 0.15) is 11.0 Å². The third-order valence-corrected chi connectivity index (χ3v) is 4.64. The summed E-state index contributed by atoms with van der Waals surface area (Å²) in [5.41, 5.74) is 7.00. The number of rotatable bonds is 4. The Balaban J connectivity index is 1.88. The van der Waals surface area contributed by atoms with Gasteiger partial charge in [0.25, 0.3) is 0 Å². The fourth-order valence-electron chi connectivity index (χ4n) is 2.36.